The number of aromatic carboxylic acids is 1. The predicted molar refractivity (Wildman–Crippen MR) is 87.8 cm³/mol. The Balaban J connectivity index is 1.62. The molecule has 1 saturated heterocycles. The second-order valence-electron chi connectivity index (χ2n) is 6.50. The van der Waals surface area contributed by atoms with Gasteiger partial charge in [-0.05, 0) is 43.5 Å². The molecule has 0 radical (unpaired) electrons. The standard InChI is InChI=1S/C18H24N2O3/c21-17(14-6-8-15(9-7-14)18(22)23)20-11-3-10-19(12-13-20)16-4-1-2-5-16/h6-9,16H,1-5,10-13H2,(H,22,23). The van der Waals surface area contributed by atoms with Crippen LogP contribution in [-0.2, 0) is 0 Å². The molecule has 2 fully saturated rings. The second-order valence-corrected chi connectivity index (χ2v) is 6.50. The number of benzene rings is 1. The summed E-state index contributed by atoms with van der Waals surface area (Å²) in [6.07, 6.45) is 6.27. The number of amides is 1. The Labute approximate surface area is 136 Å². The van der Waals surface area contributed by atoms with Crippen LogP contribution in [0.4, 0.5) is 0 Å². The highest BCUT2D eigenvalue weighted by molar-refractivity contribution is 5.95. The zero-order valence-corrected chi connectivity index (χ0v) is 13.4. The third kappa shape index (κ3) is 3.72. The Morgan fingerprint density at radius 2 is 1.52 bits per heavy atom. The molecule has 5 nitrogen and oxygen atoms in total. The summed E-state index contributed by atoms with van der Waals surface area (Å²) in [5.74, 6) is -0.957. The van der Waals surface area contributed by atoms with Gasteiger partial charge in [0.15, 0.2) is 0 Å². The summed E-state index contributed by atoms with van der Waals surface area (Å²) < 4.78 is 0. The van der Waals surface area contributed by atoms with Crippen molar-refractivity contribution in [2.75, 3.05) is 26.2 Å². The van der Waals surface area contributed by atoms with Gasteiger partial charge >= 0.3 is 5.97 Å². The maximum atomic E-state index is 12.6. The number of carbonyl (C=O) groups is 2. The molecule has 3 rings (SSSR count). The van der Waals surface area contributed by atoms with Gasteiger partial charge in [-0.15, -0.1) is 0 Å². The molecular weight excluding hydrogens is 292 g/mol. The molecule has 0 atom stereocenters. The molecule has 5 heteroatoms. The fraction of sp³-hybridized carbons (Fsp3) is 0.556. The number of hydrogen-bond donors (Lipinski definition) is 1. The molecule has 0 spiro atoms. The summed E-state index contributed by atoms with van der Waals surface area (Å²) in [6.45, 7) is 3.56. The highest BCUT2D eigenvalue weighted by atomic mass is 16.4. The van der Waals surface area contributed by atoms with Gasteiger partial charge in [-0.3, -0.25) is 9.69 Å². The van der Waals surface area contributed by atoms with Crippen LogP contribution in [0.3, 0.4) is 0 Å². The van der Waals surface area contributed by atoms with E-state index < -0.39 is 5.97 Å². The van der Waals surface area contributed by atoms with Crippen molar-refractivity contribution in [3.63, 3.8) is 0 Å². The monoisotopic (exact) mass is 316 g/mol. The third-order valence-corrected chi connectivity index (χ3v) is 5.04. The van der Waals surface area contributed by atoms with Crippen LogP contribution in [0, 0.1) is 0 Å². The smallest absolute Gasteiger partial charge is 0.335 e. The van der Waals surface area contributed by atoms with Crippen LogP contribution in [0.25, 0.3) is 0 Å². The molecule has 23 heavy (non-hydrogen) atoms. The van der Waals surface area contributed by atoms with Gasteiger partial charge in [0.25, 0.3) is 5.91 Å². The van der Waals surface area contributed by atoms with Gasteiger partial charge in [0.05, 0.1) is 5.56 Å². The fourth-order valence-corrected chi connectivity index (χ4v) is 3.71. The topological polar surface area (TPSA) is 60.9 Å². The first-order chi connectivity index (χ1) is 11.1. The van der Waals surface area contributed by atoms with E-state index >= 15 is 0 Å². The minimum Gasteiger partial charge on any atom is -0.478 e. The van der Waals surface area contributed by atoms with Gasteiger partial charge < -0.3 is 10.0 Å². The lowest BCUT2D eigenvalue weighted by Gasteiger charge is -2.27. The molecule has 2 aliphatic rings. The Morgan fingerprint density at radius 1 is 0.870 bits per heavy atom. The molecule has 1 aromatic rings. The van der Waals surface area contributed by atoms with Gasteiger partial charge in [0, 0.05) is 37.8 Å². The molecule has 1 aromatic carbocycles. The number of rotatable bonds is 3. The highest BCUT2D eigenvalue weighted by Gasteiger charge is 2.26. The molecule has 0 unspecified atom stereocenters. The first-order valence-electron chi connectivity index (χ1n) is 8.52. The summed E-state index contributed by atoms with van der Waals surface area (Å²) in [5, 5.41) is 8.93. The maximum absolute atomic E-state index is 12.6. The zero-order valence-electron chi connectivity index (χ0n) is 13.4. The molecule has 1 aliphatic carbocycles. The molecule has 1 saturated carbocycles. The molecule has 0 aromatic heterocycles. The fourth-order valence-electron chi connectivity index (χ4n) is 3.71. The quantitative estimate of drug-likeness (QED) is 0.930. The van der Waals surface area contributed by atoms with Crippen LogP contribution >= 0.6 is 0 Å². The van der Waals surface area contributed by atoms with Crippen LogP contribution in [0.15, 0.2) is 24.3 Å². The first kappa shape index (κ1) is 16.0. The van der Waals surface area contributed by atoms with Crippen molar-refractivity contribution in [1.29, 1.82) is 0 Å². The van der Waals surface area contributed by atoms with E-state index in [0.717, 1.165) is 32.6 Å². The van der Waals surface area contributed by atoms with Gasteiger partial charge in [0.1, 0.15) is 0 Å². The summed E-state index contributed by atoms with van der Waals surface area (Å²) in [4.78, 5) is 28.0. The van der Waals surface area contributed by atoms with Crippen LogP contribution in [0.2, 0.25) is 0 Å². The molecule has 1 heterocycles. The second kappa shape index (κ2) is 7.13. The minimum absolute atomic E-state index is 0.00945. The summed E-state index contributed by atoms with van der Waals surface area (Å²) in [5.41, 5.74) is 0.786. The van der Waals surface area contributed by atoms with Gasteiger partial charge in [-0.2, -0.15) is 0 Å². The van der Waals surface area contributed by atoms with Crippen molar-refractivity contribution in [2.45, 2.75) is 38.1 Å². The van der Waals surface area contributed by atoms with Crippen LogP contribution in [0.1, 0.15) is 52.8 Å². The molecule has 1 N–H and O–H groups in total. The molecular formula is C18H24N2O3. The lowest BCUT2D eigenvalue weighted by Crippen LogP contribution is -2.38. The Morgan fingerprint density at radius 3 is 2.17 bits per heavy atom. The minimum atomic E-state index is -0.967. The summed E-state index contributed by atoms with van der Waals surface area (Å²) >= 11 is 0. The number of carboxylic acid groups (broad SMARTS) is 1. The van der Waals surface area contributed by atoms with Crippen LogP contribution in [-0.4, -0.2) is 59.0 Å². The van der Waals surface area contributed by atoms with E-state index in [1.54, 1.807) is 12.1 Å². The molecule has 0 bridgehead atoms. The van der Waals surface area contributed by atoms with Crippen molar-refractivity contribution in [1.82, 2.24) is 9.80 Å². The number of hydrogen-bond acceptors (Lipinski definition) is 3. The molecule has 1 amide bonds. The van der Waals surface area contributed by atoms with Gasteiger partial charge in [-0.1, -0.05) is 12.8 Å². The van der Waals surface area contributed by atoms with Gasteiger partial charge in [-0.25, -0.2) is 4.79 Å². The third-order valence-electron chi connectivity index (χ3n) is 5.04. The van der Waals surface area contributed by atoms with Crippen LogP contribution in [0.5, 0.6) is 0 Å². The van der Waals surface area contributed by atoms with Crippen molar-refractivity contribution < 1.29 is 14.7 Å². The van der Waals surface area contributed by atoms with E-state index in [9.17, 15) is 9.59 Å². The Bertz CT molecular complexity index is 564. The van der Waals surface area contributed by atoms with Crippen molar-refractivity contribution in [2.24, 2.45) is 0 Å². The predicted octanol–water partition coefficient (Wildman–Crippen LogP) is 2.48. The number of carboxylic acids is 1. The lowest BCUT2D eigenvalue weighted by atomic mass is 10.1. The van der Waals surface area contributed by atoms with E-state index in [1.807, 2.05) is 4.90 Å². The maximum Gasteiger partial charge on any atom is 0.335 e. The van der Waals surface area contributed by atoms with E-state index in [4.69, 9.17) is 5.11 Å². The normalized spacial score (nSPS) is 20.4. The zero-order chi connectivity index (χ0) is 16.2. The average Bonchev–Trinajstić information content (AvgIpc) is 2.99. The van der Waals surface area contributed by atoms with E-state index in [2.05, 4.69) is 4.90 Å². The van der Waals surface area contributed by atoms with Crippen molar-refractivity contribution in [3.05, 3.63) is 35.4 Å². The average molecular weight is 316 g/mol. The van der Waals surface area contributed by atoms with E-state index in [-0.39, 0.29) is 11.5 Å². The SMILES string of the molecule is O=C(O)c1ccc(C(=O)N2CCCN(C3CCCC3)CC2)cc1. The molecule has 124 valence electrons. The first-order valence-corrected chi connectivity index (χ1v) is 8.52. The van der Waals surface area contributed by atoms with Crippen LogP contribution < -0.4 is 0 Å². The molecule has 1 aliphatic heterocycles. The number of carbonyl (C=O) groups excluding carboxylic acids is 1. The van der Waals surface area contributed by atoms with Gasteiger partial charge in [0.2, 0.25) is 0 Å². The Kier molecular flexibility index (Phi) is 4.96. The Hall–Kier alpha value is -1.88. The van der Waals surface area contributed by atoms with E-state index in [1.165, 1.54) is 37.8 Å². The summed E-state index contributed by atoms with van der Waals surface area (Å²) in [7, 11) is 0. The number of nitrogens with zero attached hydrogens (tertiary/aromatic N) is 2. The largest absolute Gasteiger partial charge is 0.478 e. The lowest BCUT2D eigenvalue weighted by molar-refractivity contribution is 0.0694. The van der Waals surface area contributed by atoms with Crippen molar-refractivity contribution >= 4 is 11.9 Å². The highest BCUT2D eigenvalue weighted by Crippen LogP contribution is 2.24. The van der Waals surface area contributed by atoms with Crippen molar-refractivity contribution in [3.8, 4) is 0 Å². The van der Waals surface area contributed by atoms with E-state index in [0.29, 0.717) is 11.6 Å². The summed E-state index contributed by atoms with van der Waals surface area (Å²) in [6, 6.07) is 6.94.